The molecule has 1 aromatic heterocycles. The Morgan fingerprint density at radius 2 is 1.81 bits per heavy atom. The molecule has 8 heteroatoms. The molecule has 0 fully saturated rings. The van der Waals surface area contributed by atoms with E-state index in [4.69, 9.17) is 8.60 Å². The maximum absolute atomic E-state index is 12.8. The third kappa shape index (κ3) is 2.81. The van der Waals surface area contributed by atoms with Gasteiger partial charge in [-0.2, -0.15) is 8.42 Å². The first kappa shape index (κ1) is 13.8. The van der Waals surface area contributed by atoms with Gasteiger partial charge in [0, 0.05) is 6.07 Å². The van der Waals surface area contributed by atoms with E-state index in [0.717, 1.165) is 35.6 Å². The topological polar surface area (TPSA) is 73.6 Å². The molecule has 3 aromatic rings. The van der Waals surface area contributed by atoms with Gasteiger partial charge < -0.3 is 8.60 Å². The maximum Gasteiger partial charge on any atom is 0.396 e. The van der Waals surface area contributed by atoms with Crippen LogP contribution in [0.25, 0.3) is 10.3 Å². The first-order valence-corrected chi connectivity index (χ1v) is 7.90. The van der Waals surface area contributed by atoms with Crippen molar-refractivity contribution >= 4 is 31.7 Å². The van der Waals surface area contributed by atoms with Crippen LogP contribution in [0.2, 0.25) is 0 Å². The molecule has 0 aliphatic carbocycles. The number of fused-ring (bicyclic) bond motifs is 1. The van der Waals surface area contributed by atoms with Gasteiger partial charge in [0.25, 0.3) is 0 Å². The fourth-order valence-electron chi connectivity index (χ4n) is 1.68. The maximum atomic E-state index is 12.8. The van der Waals surface area contributed by atoms with E-state index in [1.807, 2.05) is 0 Å². The highest BCUT2D eigenvalue weighted by molar-refractivity contribution is 7.87. The van der Waals surface area contributed by atoms with Crippen molar-refractivity contribution in [2.45, 2.75) is 4.90 Å². The summed E-state index contributed by atoms with van der Waals surface area (Å²) in [5.41, 5.74) is 0.358. The molecular weight excluding hydrogens is 319 g/mol. The molecule has 0 aliphatic rings. The Balaban J connectivity index is 1.96. The average Bonchev–Trinajstić information content (AvgIpc) is 2.78. The van der Waals surface area contributed by atoms with E-state index in [2.05, 4.69) is 0 Å². The zero-order valence-corrected chi connectivity index (χ0v) is 11.9. The minimum Gasteiger partial charge on any atom is -0.414 e. The van der Waals surface area contributed by atoms with Crippen LogP contribution >= 0.6 is 11.3 Å². The van der Waals surface area contributed by atoms with Crippen LogP contribution < -0.4 is 9.12 Å². The number of hydrogen-bond donors (Lipinski definition) is 0. The Hall–Kier alpha value is -2.19. The molecule has 0 unspecified atom stereocenters. The Labute approximate surface area is 122 Å². The van der Waals surface area contributed by atoms with Crippen LogP contribution in [0.5, 0.6) is 5.75 Å². The number of halogens is 1. The summed E-state index contributed by atoms with van der Waals surface area (Å²) >= 11 is 0.843. The van der Waals surface area contributed by atoms with Crippen LogP contribution in [0.1, 0.15) is 0 Å². The molecule has 0 bridgehead atoms. The molecular formula is C13H7FO5S2. The Bertz CT molecular complexity index is 954. The normalized spacial score (nSPS) is 11.7. The van der Waals surface area contributed by atoms with Crippen molar-refractivity contribution in [1.82, 2.24) is 0 Å². The summed E-state index contributed by atoms with van der Waals surface area (Å²) in [5, 5.41) is 0. The van der Waals surface area contributed by atoms with Crippen LogP contribution in [0.15, 0.2) is 56.6 Å². The molecule has 0 amide bonds. The SMILES string of the molecule is O=c1oc2ccc(OS(=O)(=O)c3ccc(F)cc3)cc2s1. The molecule has 3 rings (SSSR count). The van der Waals surface area contributed by atoms with E-state index >= 15 is 0 Å². The highest BCUT2D eigenvalue weighted by atomic mass is 32.2. The molecule has 5 nitrogen and oxygen atoms in total. The fraction of sp³-hybridized carbons (Fsp3) is 0. The molecule has 2 aromatic carbocycles. The van der Waals surface area contributed by atoms with Crippen molar-refractivity contribution in [3.63, 3.8) is 0 Å². The molecule has 108 valence electrons. The van der Waals surface area contributed by atoms with Gasteiger partial charge in [-0.05, 0) is 36.4 Å². The van der Waals surface area contributed by atoms with Crippen molar-refractivity contribution in [3.8, 4) is 5.75 Å². The lowest BCUT2D eigenvalue weighted by atomic mass is 10.3. The van der Waals surface area contributed by atoms with Gasteiger partial charge in [-0.1, -0.05) is 11.3 Å². The monoisotopic (exact) mass is 326 g/mol. The minimum absolute atomic E-state index is 0.0453. The molecule has 0 N–H and O–H groups in total. The van der Waals surface area contributed by atoms with E-state index in [0.29, 0.717) is 10.3 Å². The highest BCUT2D eigenvalue weighted by Gasteiger charge is 2.17. The second-order valence-electron chi connectivity index (χ2n) is 4.05. The number of hydrogen-bond acceptors (Lipinski definition) is 6. The molecule has 0 radical (unpaired) electrons. The van der Waals surface area contributed by atoms with Crippen molar-refractivity contribution in [1.29, 1.82) is 0 Å². The van der Waals surface area contributed by atoms with Gasteiger partial charge in [-0.3, -0.25) is 0 Å². The first-order chi connectivity index (χ1) is 9.94. The van der Waals surface area contributed by atoms with Crippen LogP contribution in [0.4, 0.5) is 4.39 Å². The van der Waals surface area contributed by atoms with E-state index in [9.17, 15) is 17.6 Å². The van der Waals surface area contributed by atoms with Gasteiger partial charge >= 0.3 is 15.1 Å². The van der Waals surface area contributed by atoms with Gasteiger partial charge in [-0.25, -0.2) is 9.18 Å². The average molecular weight is 326 g/mol. The van der Waals surface area contributed by atoms with Crippen molar-refractivity contribution in [2.24, 2.45) is 0 Å². The first-order valence-electron chi connectivity index (χ1n) is 5.68. The lowest BCUT2D eigenvalue weighted by Gasteiger charge is -2.06. The highest BCUT2D eigenvalue weighted by Crippen LogP contribution is 2.25. The smallest absolute Gasteiger partial charge is 0.396 e. The molecule has 0 saturated heterocycles. The van der Waals surface area contributed by atoms with Crippen LogP contribution in [-0.2, 0) is 10.1 Å². The van der Waals surface area contributed by atoms with Crippen molar-refractivity contribution in [3.05, 3.63) is 58.0 Å². The Kier molecular flexibility index (Phi) is 3.26. The lowest BCUT2D eigenvalue weighted by Crippen LogP contribution is -2.09. The third-order valence-electron chi connectivity index (χ3n) is 2.61. The van der Waals surface area contributed by atoms with Gasteiger partial charge in [0.1, 0.15) is 22.0 Å². The van der Waals surface area contributed by atoms with Crippen LogP contribution in [-0.4, -0.2) is 8.42 Å². The largest absolute Gasteiger partial charge is 0.414 e. The predicted octanol–water partition coefficient (Wildman–Crippen LogP) is 2.76. The van der Waals surface area contributed by atoms with Gasteiger partial charge in [0.15, 0.2) is 0 Å². The zero-order valence-electron chi connectivity index (χ0n) is 10.3. The zero-order chi connectivity index (χ0) is 15.0. The summed E-state index contributed by atoms with van der Waals surface area (Å²) in [6.07, 6.45) is 0. The third-order valence-corrected chi connectivity index (χ3v) is 4.66. The van der Waals surface area contributed by atoms with Crippen molar-refractivity contribution in [2.75, 3.05) is 0 Å². The van der Waals surface area contributed by atoms with E-state index < -0.39 is 20.9 Å². The van der Waals surface area contributed by atoms with E-state index in [-0.39, 0.29) is 10.6 Å². The van der Waals surface area contributed by atoms with E-state index in [1.54, 1.807) is 0 Å². The molecule has 0 atom stereocenters. The number of rotatable bonds is 3. The Morgan fingerprint density at radius 1 is 1.10 bits per heavy atom. The van der Waals surface area contributed by atoms with E-state index in [1.165, 1.54) is 18.2 Å². The molecule has 0 saturated carbocycles. The summed E-state index contributed by atoms with van der Waals surface area (Å²) < 4.78 is 47.2. The minimum atomic E-state index is -4.06. The van der Waals surface area contributed by atoms with Gasteiger partial charge in [0.2, 0.25) is 0 Å². The Morgan fingerprint density at radius 3 is 2.52 bits per heavy atom. The lowest BCUT2D eigenvalue weighted by molar-refractivity contribution is 0.486. The summed E-state index contributed by atoms with van der Waals surface area (Å²) in [6.45, 7) is 0. The molecule has 21 heavy (non-hydrogen) atoms. The van der Waals surface area contributed by atoms with Crippen molar-refractivity contribution < 1.29 is 21.4 Å². The second-order valence-corrected chi connectivity index (χ2v) is 6.58. The predicted molar refractivity (Wildman–Crippen MR) is 74.6 cm³/mol. The molecule has 1 heterocycles. The van der Waals surface area contributed by atoms with Crippen LogP contribution in [0, 0.1) is 5.82 Å². The molecule has 0 spiro atoms. The summed E-state index contributed by atoms with van der Waals surface area (Å²) in [6, 6.07) is 8.50. The summed E-state index contributed by atoms with van der Waals surface area (Å²) in [5.74, 6) is -0.498. The second kappa shape index (κ2) is 4.97. The summed E-state index contributed by atoms with van der Waals surface area (Å²) in [4.78, 5) is 10.5. The van der Waals surface area contributed by atoms with Gasteiger partial charge in [-0.15, -0.1) is 0 Å². The van der Waals surface area contributed by atoms with Crippen LogP contribution in [0.3, 0.4) is 0 Å². The standard InChI is InChI=1S/C13H7FO5S2/c14-8-1-4-10(5-2-8)21(16,17)19-9-3-6-11-12(7-9)20-13(15)18-11/h1-7H. The van der Waals surface area contributed by atoms with Gasteiger partial charge in [0.05, 0.1) is 4.70 Å². The quantitative estimate of drug-likeness (QED) is 0.692. The molecule has 0 aliphatic heterocycles. The number of benzene rings is 2. The fourth-order valence-corrected chi connectivity index (χ4v) is 3.30. The summed E-state index contributed by atoms with van der Waals surface area (Å²) in [7, 11) is -4.06.